The van der Waals surface area contributed by atoms with Gasteiger partial charge in [-0.15, -0.1) is 0 Å². The number of nitrogens with zero attached hydrogens (tertiary/aromatic N) is 1. The summed E-state index contributed by atoms with van der Waals surface area (Å²) in [5.41, 5.74) is 2.47. The van der Waals surface area contributed by atoms with Gasteiger partial charge >= 0.3 is 5.97 Å². The molecule has 0 saturated heterocycles. The first-order valence-electron chi connectivity index (χ1n) is 7.58. The maximum Gasteiger partial charge on any atom is 0.350 e. The Hall–Kier alpha value is -2.67. The molecule has 7 heteroatoms. The Morgan fingerprint density at radius 1 is 1.33 bits per heavy atom. The Bertz CT molecular complexity index is 898. The fraction of sp³-hybridized carbons (Fsp3) is 0.235. The number of amides is 1. The molecule has 1 aromatic carbocycles. The zero-order chi connectivity index (χ0) is 17.1. The molecular formula is C17H17N3O3S. The Balaban J connectivity index is 1.71. The van der Waals surface area contributed by atoms with Crippen molar-refractivity contribution >= 4 is 39.2 Å². The van der Waals surface area contributed by atoms with Crippen molar-refractivity contribution in [2.45, 2.75) is 20.3 Å². The van der Waals surface area contributed by atoms with Crippen LogP contribution in [0.5, 0.6) is 0 Å². The monoisotopic (exact) mass is 343 g/mol. The van der Waals surface area contributed by atoms with Crippen LogP contribution in [0.2, 0.25) is 0 Å². The van der Waals surface area contributed by atoms with Crippen LogP contribution in [0, 0.1) is 6.92 Å². The molecule has 2 aromatic heterocycles. The van der Waals surface area contributed by atoms with Crippen molar-refractivity contribution in [3.63, 3.8) is 0 Å². The highest BCUT2D eigenvalue weighted by Gasteiger charge is 2.18. The SMILES string of the molecule is CCOC(=O)c1sc(NC(=O)Cc2c[nH]c3ccccc23)nc1C. The fourth-order valence-electron chi connectivity index (χ4n) is 2.45. The standard InChI is InChI=1S/C17H17N3O3S/c1-3-23-16(22)15-10(2)19-17(24-15)20-14(21)8-11-9-18-13-7-5-4-6-12(11)13/h4-7,9,18H,3,8H2,1-2H3,(H,19,20,21). The summed E-state index contributed by atoms with van der Waals surface area (Å²) in [5, 5.41) is 4.18. The number of thiazole rings is 1. The number of carbonyl (C=O) groups excluding carboxylic acids is 2. The second kappa shape index (κ2) is 6.84. The average molecular weight is 343 g/mol. The molecule has 0 aliphatic heterocycles. The first-order chi connectivity index (χ1) is 11.6. The van der Waals surface area contributed by atoms with Crippen LogP contribution in [0.3, 0.4) is 0 Å². The third-order valence-electron chi connectivity index (χ3n) is 3.53. The molecule has 0 aliphatic rings. The van der Waals surface area contributed by atoms with Crippen molar-refractivity contribution < 1.29 is 14.3 Å². The van der Waals surface area contributed by atoms with Crippen LogP contribution in [0.1, 0.15) is 27.9 Å². The maximum atomic E-state index is 12.3. The zero-order valence-electron chi connectivity index (χ0n) is 13.4. The number of nitrogens with one attached hydrogen (secondary N) is 2. The van der Waals surface area contributed by atoms with Gasteiger partial charge in [-0.05, 0) is 25.5 Å². The molecule has 24 heavy (non-hydrogen) atoms. The highest BCUT2D eigenvalue weighted by molar-refractivity contribution is 7.17. The third kappa shape index (κ3) is 3.30. The molecule has 0 fully saturated rings. The predicted molar refractivity (Wildman–Crippen MR) is 93.4 cm³/mol. The lowest BCUT2D eigenvalue weighted by molar-refractivity contribution is -0.115. The Morgan fingerprint density at radius 3 is 2.92 bits per heavy atom. The van der Waals surface area contributed by atoms with Crippen molar-refractivity contribution in [1.29, 1.82) is 0 Å². The summed E-state index contributed by atoms with van der Waals surface area (Å²) < 4.78 is 4.98. The van der Waals surface area contributed by atoms with Gasteiger partial charge in [-0.2, -0.15) is 0 Å². The van der Waals surface area contributed by atoms with E-state index in [1.165, 1.54) is 0 Å². The molecule has 2 heterocycles. The van der Waals surface area contributed by atoms with Gasteiger partial charge in [-0.3, -0.25) is 4.79 Å². The Labute approximate surface area is 142 Å². The van der Waals surface area contributed by atoms with Crippen LogP contribution in [0.25, 0.3) is 10.9 Å². The van der Waals surface area contributed by atoms with Gasteiger partial charge in [0.15, 0.2) is 5.13 Å². The number of benzene rings is 1. The molecule has 2 N–H and O–H groups in total. The van der Waals surface area contributed by atoms with Crippen LogP contribution in [-0.2, 0) is 16.0 Å². The van der Waals surface area contributed by atoms with Crippen LogP contribution < -0.4 is 5.32 Å². The maximum absolute atomic E-state index is 12.3. The van der Waals surface area contributed by atoms with Crippen LogP contribution in [-0.4, -0.2) is 28.5 Å². The van der Waals surface area contributed by atoms with Crippen molar-refractivity contribution in [3.05, 3.63) is 46.6 Å². The zero-order valence-corrected chi connectivity index (χ0v) is 14.2. The summed E-state index contributed by atoms with van der Waals surface area (Å²) in [7, 11) is 0. The van der Waals surface area contributed by atoms with E-state index in [0.29, 0.717) is 22.3 Å². The fourth-order valence-corrected chi connectivity index (χ4v) is 3.33. The number of esters is 1. The minimum atomic E-state index is -0.412. The number of rotatable bonds is 5. The highest BCUT2D eigenvalue weighted by atomic mass is 32.1. The summed E-state index contributed by atoms with van der Waals surface area (Å²) in [4.78, 5) is 31.8. The number of fused-ring (bicyclic) bond motifs is 1. The number of ether oxygens (including phenoxy) is 1. The second-order valence-corrected chi connectivity index (χ2v) is 6.24. The first kappa shape index (κ1) is 16.2. The summed E-state index contributed by atoms with van der Waals surface area (Å²) in [5.74, 6) is -0.589. The number of H-pyrrole nitrogens is 1. The number of hydrogen-bond donors (Lipinski definition) is 2. The number of aryl methyl sites for hydroxylation is 1. The number of aromatic amines is 1. The largest absolute Gasteiger partial charge is 0.462 e. The quantitative estimate of drug-likeness (QED) is 0.696. The van der Waals surface area contributed by atoms with Crippen molar-refractivity contribution in [3.8, 4) is 0 Å². The van der Waals surface area contributed by atoms with Gasteiger partial charge in [0, 0.05) is 17.1 Å². The number of carbonyl (C=O) groups is 2. The minimum Gasteiger partial charge on any atom is -0.462 e. The van der Waals surface area contributed by atoms with Crippen LogP contribution in [0.15, 0.2) is 30.5 Å². The lowest BCUT2D eigenvalue weighted by Crippen LogP contribution is -2.14. The second-order valence-electron chi connectivity index (χ2n) is 5.24. The third-order valence-corrected chi connectivity index (χ3v) is 4.58. The predicted octanol–water partition coefficient (Wildman–Crippen LogP) is 3.29. The number of hydrogen-bond acceptors (Lipinski definition) is 5. The summed E-state index contributed by atoms with van der Waals surface area (Å²) >= 11 is 1.13. The lowest BCUT2D eigenvalue weighted by atomic mass is 10.1. The van der Waals surface area contributed by atoms with E-state index in [0.717, 1.165) is 27.8 Å². The van der Waals surface area contributed by atoms with Gasteiger partial charge in [0.25, 0.3) is 0 Å². The molecule has 1 amide bonds. The molecule has 0 atom stereocenters. The molecule has 0 unspecified atom stereocenters. The van der Waals surface area contributed by atoms with E-state index in [1.807, 2.05) is 30.5 Å². The molecule has 124 valence electrons. The number of aromatic nitrogens is 2. The molecule has 6 nitrogen and oxygen atoms in total. The van der Waals surface area contributed by atoms with E-state index in [4.69, 9.17) is 4.74 Å². The molecule has 0 bridgehead atoms. The molecule has 0 radical (unpaired) electrons. The minimum absolute atomic E-state index is 0.177. The molecule has 0 saturated carbocycles. The van der Waals surface area contributed by atoms with Crippen LogP contribution in [0.4, 0.5) is 5.13 Å². The topological polar surface area (TPSA) is 84.1 Å². The van der Waals surface area contributed by atoms with E-state index in [9.17, 15) is 9.59 Å². The summed E-state index contributed by atoms with van der Waals surface area (Å²) in [6.45, 7) is 3.77. The molecule has 3 rings (SSSR count). The van der Waals surface area contributed by atoms with Crippen molar-refractivity contribution in [1.82, 2.24) is 9.97 Å². The van der Waals surface area contributed by atoms with Gasteiger partial charge in [-0.25, -0.2) is 9.78 Å². The summed E-state index contributed by atoms with van der Waals surface area (Å²) in [6, 6.07) is 7.82. The Kier molecular flexibility index (Phi) is 4.61. The first-order valence-corrected chi connectivity index (χ1v) is 8.39. The molecular weight excluding hydrogens is 326 g/mol. The average Bonchev–Trinajstić information content (AvgIpc) is 3.12. The number of para-hydroxylation sites is 1. The van der Waals surface area contributed by atoms with E-state index in [2.05, 4.69) is 15.3 Å². The van der Waals surface area contributed by atoms with E-state index < -0.39 is 5.97 Å². The van der Waals surface area contributed by atoms with Gasteiger partial charge in [0.05, 0.1) is 18.7 Å². The van der Waals surface area contributed by atoms with Crippen molar-refractivity contribution in [2.24, 2.45) is 0 Å². The smallest absolute Gasteiger partial charge is 0.350 e. The van der Waals surface area contributed by atoms with E-state index >= 15 is 0 Å². The normalized spacial score (nSPS) is 10.8. The van der Waals surface area contributed by atoms with Crippen molar-refractivity contribution in [2.75, 3.05) is 11.9 Å². The summed E-state index contributed by atoms with van der Waals surface area (Å²) in [6.07, 6.45) is 2.07. The molecule has 0 aliphatic carbocycles. The van der Waals surface area contributed by atoms with Gasteiger partial charge in [-0.1, -0.05) is 29.5 Å². The Morgan fingerprint density at radius 2 is 2.12 bits per heavy atom. The lowest BCUT2D eigenvalue weighted by Gasteiger charge is -2.01. The van der Waals surface area contributed by atoms with E-state index in [-0.39, 0.29) is 12.3 Å². The van der Waals surface area contributed by atoms with Crippen LogP contribution >= 0.6 is 11.3 Å². The molecule has 3 aromatic rings. The van der Waals surface area contributed by atoms with E-state index in [1.54, 1.807) is 13.8 Å². The van der Waals surface area contributed by atoms with Gasteiger partial charge < -0.3 is 15.0 Å². The number of anilines is 1. The molecule has 0 spiro atoms. The van der Waals surface area contributed by atoms with Gasteiger partial charge in [0.1, 0.15) is 4.88 Å². The van der Waals surface area contributed by atoms with Gasteiger partial charge in [0.2, 0.25) is 5.91 Å². The highest BCUT2D eigenvalue weighted by Crippen LogP contribution is 2.24.